The van der Waals surface area contributed by atoms with Gasteiger partial charge in [0.25, 0.3) is 0 Å². The van der Waals surface area contributed by atoms with Gasteiger partial charge in [0, 0.05) is 0 Å². The molecule has 0 radical (unpaired) electrons. The van der Waals surface area contributed by atoms with Crippen LogP contribution < -0.4 is 9.47 Å². The molecule has 0 saturated heterocycles. The Morgan fingerprint density at radius 1 is 0.690 bits per heavy atom. The maximum atomic E-state index is 12.8. The van der Waals surface area contributed by atoms with Gasteiger partial charge in [-0.25, -0.2) is 9.59 Å². The van der Waals surface area contributed by atoms with Crippen LogP contribution in [0.15, 0.2) is 110 Å². The zero-order valence-electron chi connectivity index (χ0n) is 24.4. The second kappa shape index (κ2) is 15.4. The highest BCUT2D eigenvalue weighted by atomic mass is 16.5. The minimum Gasteiger partial charge on any atom is -0.494 e. The molecule has 5 nitrogen and oxygen atoms in total. The summed E-state index contributed by atoms with van der Waals surface area (Å²) in [6.07, 6.45) is 5.98. The fraction of sp³-hybridized carbons (Fsp3) is 0.243. The summed E-state index contributed by atoms with van der Waals surface area (Å²) in [5.74, 6) is 0.906. The van der Waals surface area contributed by atoms with Crippen LogP contribution in [-0.2, 0) is 4.74 Å². The van der Waals surface area contributed by atoms with Crippen LogP contribution >= 0.6 is 0 Å². The summed E-state index contributed by atoms with van der Waals surface area (Å²) >= 11 is 0. The van der Waals surface area contributed by atoms with Gasteiger partial charge in [-0.1, -0.05) is 74.9 Å². The molecule has 0 aliphatic carbocycles. The van der Waals surface area contributed by atoms with Crippen molar-refractivity contribution >= 4 is 11.9 Å². The molecule has 0 aliphatic rings. The smallest absolute Gasteiger partial charge is 0.343 e. The van der Waals surface area contributed by atoms with Crippen molar-refractivity contribution in [2.75, 3.05) is 13.2 Å². The Hall–Kier alpha value is -4.64. The van der Waals surface area contributed by atoms with Crippen LogP contribution in [0.2, 0.25) is 0 Å². The largest absolute Gasteiger partial charge is 0.494 e. The Morgan fingerprint density at radius 3 is 1.67 bits per heavy atom. The van der Waals surface area contributed by atoms with E-state index in [-0.39, 0.29) is 5.97 Å². The lowest BCUT2D eigenvalue weighted by Crippen LogP contribution is -2.11. The van der Waals surface area contributed by atoms with Gasteiger partial charge in [-0.2, -0.15) is 0 Å². The monoisotopic (exact) mass is 562 g/mol. The minimum atomic E-state index is -0.422. The first-order valence-electron chi connectivity index (χ1n) is 14.5. The number of allylic oxidation sites excluding steroid dienone is 1. The summed E-state index contributed by atoms with van der Waals surface area (Å²) in [5, 5.41) is 0. The van der Waals surface area contributed by atoms with E-state index in [0.29, 0.717) is 36.0 Å². The number of carbonyl (C=O) groups is 2. The molecule has 0 aromatic heterocycles. The maximum absolute atomic E-state index is 12.8. The Morgan fingerprint density at radius 2 is 1.17 bits per heavy atom. The van der Waals surface area contributed by atoms with Gasteiger partial charge in [-0.3, -0.25) is 0 Å². The molecule has 0 unspecified atom stereocenters. The highest BCUT2D eigenvalue weighted by molar-refractivity contribution is 5.92. The fourth-order valence-electron chi connectivity index (χ4n) is 4.22. The summed E-state index contributed by atoms with van der Waals surface area (Å²) in [6, 6.07) is 29.9. The van der Waals surface area contributed by atoms with Crippen LogP contribution in [0.1, 0.15) is 60.2 Å². The molecule has 0 heterocycles. The molecule has 0 aliphatic heterocycles. The van der Waals surface area contributed by atoms with Gasteiger partial charge in [0.2, 0.25) is 0 Å². The van der Waals surface area contributed by atoms with Gasteiger partial charge in [-0.05, 0) is 96.0 Å². The minimum absolute atomic E-state index is 0.314. The van der Waals surface area contributed by atoms with Gasteiger partial charge in [0.1, 0.15) is 11.5 Å². The average Bonchev–Trinajstić information content (AvgIpc) is 3.04. The van der Waals surface area contributed by atoms with Gasteiger partial charge in [-0.15, -0.1) is 6.58 Å². The molecule has 4 aromatic rings. The SMILES string of the molecule is C=CCCCCOc1ccc(-c2ccc(C(=O)Oc3ccc(-c4ccc(C(=O)OC[C@@H](C)CC)cc4)cc3)cc2)cc1. The van der Waals surface area contributed by atoms with Crippen molar-refractivity contribution in [1.82, 2.24) is 0 Å². The Bertz CT molecular complexity index is 1440. The van der Waals surface area contributed by atoms with Gasteiger partial charge in [0.05, 0.1) is 24.3 Å². The lowest BCUT2D eigenvalue weighted by molar-refractivity contribution is 0.0447. The molecule has 0 bridgehead atoms. The standard InChI is InChI=1S/C37H38O5/c1-4-6-7-8-25-40-34-21-17-30(18-22-34)29-11-15-33(16-12-29)37(39)42-35-23-19-31(20-24-35)28-9-13-32(14-10-28)36(38)41-26-27(3)5-2/h4,9-24,27H,1,5-8,25-26H2,2-3H3/t27-/m0/s1. The molecule has 5 heteroatoms. The number of hydrogen-bond acceptors (Lipinski definition) is 5. The van der Waals surface area contributed by atoms with E-state index in [9.17, 15) is 9.59 Å². The van der Waals surface area contributed by atoms with Crippen LogP contribution in [0.4, 0.5) is 0 Å². The number of rotatable bonds is 14. The van der Waals surface area contributed by atoms with E-state index in [4.69, 9.17) is 14.2 Å². The lowest BCUT2D eigenvalue weighted by Gasteiger charge is -2.10. The second-order valence-corrected chi connectivity index (χ2v) is 10.3. The zero-order valence-corrected chi connectivity index (χ0v) is 24.4. The number of carbonyl (C=O) groups excluding carboxylic acids is 2. The highest BCUT2D eigenvalue weighted by Crippen LogP contribution is 2.26. The summed E-state index contributed by atoms with van der Waals surface area (Å²) in [7, 11) is 0. The predicted molar refractivity (Wildman–Crippen MR) is 168 cm³/mol. The van der Waals surface area contributed by atoms with Crippen LogP contribution in [-0.4, -0.2) is 25.2 Å². The molecule has 4 rings (SSSR count). The summed E-state index contributed by atoms with van der Waals surface area (Å²) in [5.41, 5.74) is 4.94. The van der Waals surface area contributed by atoms with Crippen LogP contribution in [0.3, 0.4) is 0 Å². The van der Waals surface area contributed by atoms with Gasteiger partial charge < -0.3 is 14.2 Å². The van der Waals surface area contributed by atoms with Gasteiger partial charge in [0.15, 0.2) is 0 Å². The zero-order chi connectivity index (χ0) is 29.7. The second-order valence-electron chi connectivity index (χ2n) is 10.3. The molecule has 0 spiro atoms. The number of benzene rings is 4. The van der Waals surface area contributed by atoms with Crippen molar-refractivity contribution in [3.8, 4) is 33.8 Å². The number of hydrogen-bond donors (Lipinski definition) is 0. The molecule has 0 amide bonds. The third-order valence-corrected chi connectivity index (χ3v) is 7.09. The van der Waals surface area contributed by atoms with Crippen LogP contribution in [0.5, 0.6) is 11.5 Å². The van der Waals surface area contributed by atoms with E-state index in [1.807, 2.05) is 66.7 Å². The Balaban J connectivity index is 1.29. The van der Waals surface area contributed by atoms with E-state index in [2.05, 4.69) is 20.4 Å². The van der Waals surface area contributed by atoms with Crippen molar-refractivity contribution in [3.05, 3.63) is 121 Å². The third kappa shape index (κ3) is 8.68. The summed E-state index contributed by atoms with van der Waals surface area (Å²) in [6.45, 7) is 8.98. The topological polar surface area (TPSA) is 61.8 Å². The van der Waals surface area contributed by atoms with Crippen LogP contribution in [0, 0.1) is 5.92 Å². The van der Waals surface area contributed by atoms with Crippen molar-refractivity contribution in [1.29, 1.82) is 0 Å². The summed E-state index contributed by atoms with van der Waals surface area (Å²) in [4.78, 5) is 25.0. The first-order valence-corrected chi connectivity index (χ1v) is 14.5. The van der Waals surface area contributed by atoms with Crippen molar-refractivity contribution in [2.24, 2.45) is 5.92 Å². The molecule has 0 fully saturated rings. The number of esters is 2. The average molecular weight is 563 g/mol. The predicted octanol–water partition coefficient (Wildman–Crippen LogP) is 9.18. The molecule has 42 heavy (non-hydrogen) atoms. The van der Waals surface area contributed by atoms with E-state index in [1.165, 1.54) is 0 Å². The first kappa shape index (κ1) is 30.3. The number of ether oxygens (including phenoxy) is 3. The molecular formula is C37H38O5. The van der Waals surface area contributed by atoms with Gasteiger partial charge >= 0.3 is 11.9 Å². The Kier molecular flexibility index (Phi) is 11.1. The van der Waals surface area contributed by atoms with Crippen molar-refractivity contribution in [2.45, 2.75) is 39.5 Å². The van der Waals surface area contributed by atoms with E-state index >= 15 is 0 Å². The van der Waals surface area contributed by atoms with Crippen LogP contribution in [0.25, 0.3) is 22.3 Å². The van der Waals surface area contributed by atoms with Crippen molar-refractivity contribution < 1.29 is 23.8 Å². The third-order valence-electron chi connectivity index (χ3n) is 7.09. The fourth-order valence-corrected chi connectivity index (χ4v) is 4.22. The molecule has 4 aromatic carbocycles. The molecule has 0 N–H and O–H groups in total. The molecule has 0 saturated carbocycles. The highest BCUT2D eigenvalue weighted by Gasteiger charge is 2.11. The van der Waals surface area contributed by atoms with Crippen molar-refractivity contribution in [3.63, 3.8) is 0 Å². The Labute approximate surface area is 248 Å². The van der Waals surface area contributed by atoms with E-state index in [0.717, 1.165) is 53.7 Å². The molecule has 216 valence electrons. The quantitative estimate of drug-likeness (QED) is 0.0664. The van der Waals surface area contributed by atoms with E-state index in [1.54, 1.807) is 36.4 Å². The normalized spacial score (nSPS) is 11.4. The summed E-state index contributed by atoms with van der Waals surface area (Å²) < 4.78 is 16.8. The molecule has 1 atom stereocenters. The molecular weight excluding hydrogens is 524 g/mol. The number of unbranched alkanes of at least 4 members (excludes halogenated alkanes) is 2. The lowest BCUT2D eigenvalue weighted by atomic mass is 10.0. The maximum Gasteiger partial charge on any atom is 0.343 e. The first-order chi connectivity index (χ1) is 20.5. The van der Waals surface area contributed by atoms with E-state index < -0.39 is 5.97 Å².